The van der Waals surface area contributed by atoms with Crippen molar-refractivity contribution in [3.05, 3.63) is 23.8 Å². The average Bonchev–Trinajstić information content (AvgIpc) is 2.46. The van der Waals surface area contributed by atoms with Crippen LogP contribution in [0, 0.1) is 0 Å². The Labute approximate surface area is 111 Å². The van der Waals surface area contributed by atoms with Crippen LogP contribution in [0.2, 0.25) is 0 Å². The lowest BCUT2D eigenvalue weighted by molar-refractivity contribution is -0.140. The number of hydrogen-bond donors (Lipinski definition) is 1. The van der Waals surface area contributed by atoms with Gasteiger partial charge in [-0.15, -0.1) is 0 Å². The van der Waals surface area contributed by atoms with Crippen molar-refractivity contribution in [3.63, 3.8) is 0 Å². The number of nitrogens with one attached hydrogen (secondary N) is 1. The highest BCUT2D eigenvalue weighted by Crippen LogP contribution is 2.22. The van der Waals surface area contributed by atoms with Gasteiger partial charge in [-0.05, 0) is 12.1 Å². The zero-order valence-electron chi connectivity index (χ0n) is 11.2. The van der Waals surface area contributed by atoms with Gasteiger partial charge in [0.25, 0.3) is 5.91 Å². The zero-order valence-corrected chi connectivity index (χ0v) is 11.2. The van der Waals surface area contributed by atoms with E-state index in [9.17, 15) is 9.59 Å². The highest BCUT2D eigenvalue weighted by atomic mass is 16.5. The number of hydrogen-bond acceptors (Lipinski definition) is 5. The average molecular weight is 267 g/mol. The first kappa shape index (κ1) is 14.8. The largest absolute Gasteiger partial charge is 0.497 e. The Morgan fingerprint density at radius 3 is 2.11 bits per heavy atom. The maximum Gasteiger partial charge on any atom is 0.307 e. The van der Waals surface area contributed by atoms with Crippen LogP contribution in [0.4, 0.5) is 0 Å². The summed E-state index contributed by atoms with van der Waals surface area (Å²) in [6.45, 7) is 0.213. The molecule has 1 aromatic carbocycles. The van der Waals surface area contributed by atoms with E-state index in [4.69, 9.17) is 9.47 Å². The van der Waals surface area contributed by atoms with E-state index in [0.29, 0.717) is 17.1 Å². The molecule has 0 unspecified atom stereocenters. The zero-order chi connectivity index (χ0) is 14.3. The van der Waals surface area contributed by atoms with Gasteiger partial charge in [0, 0.05) is 18.2 Å². The van der Waals surface area contributed by atoms with Gasteiger partial charge in [0.2, 0.25) is 0 Å². The molecular formula is C13H17NO5. The molecule has 0 aromatic heterocycles. The van der Waals surface area contributed by atoms with Crippen molar-refractivity contribution in [2.75, 3.05) is 27.9 Å². The predicted octanol–water partition coefficient (Wildman–Crippen LogP) is 0.997. The molecule has 1 N–H and O–H groups in total. The topological polar surface area (TPSA) is 73.9 Å². The molecule has 0 heterocycles. The summed E-state index contributed by atoms with van der Waals surface area (Å²) < 4.78 is 14.6. The molecule has 0 fully saturated rings. The Kier molecular flexibility index (Phi) is 5.66. The van der Waals surface area contributed by atoms with Crippen LogP contribution >= 0.6 is 0 Å². The van der Waals surface area contributed by atoms with Crippen LogP contribution < -0.4 is 14.8 Å². The summed E-state index contributed by atoms with van der Waals surface area (Å²) in [4.78, 5) is 22.8. The lowest BCUT2D eigenvalue weighted by Crippen LogP contribution is -2.26. The summed E-state index contributed by atoms with van der Waals surface area (Å²) in [6.07, 6.45) is 0.128. The number of benzene rings is 1. The van der Waals surface area contributed by atoms with E-state index in [-0.39, 0.29) is 24.8 Å². The number of rotatable bonds is 6. The molecule has 1 rings (SSSR count). The first-order valence-electron chi connectivity index (χ1n) is 5.68. The summed E-state index contributed by atoms with van der Waals surface area (Å²) >= 11 is 0. The van der Waals surface area contributed by atoms with E-state index in [0.717, 1.165) is 0 Å². The maximum atomic E-state index is 11.9. The van der Waals surface area contributed by atoms with Crippen molar-refractivity contribution in [2.45, 2.75) is 6.42 Å². The molecule has 0 spiro atoms. The van der Waals surface area contributed by atoms with Crippen LogP contribution in [-0.4, -0.2) is 39.8 Å². The number of ether oxygens (including phenoxy) is 3. The molecule has 0 radical (unpaired) electrons. The van der Waals surface area contributed by atoms with Crippen molar-refractivity contribution in [2.24, 2.45) is 0 Å². The van der Waals surface area contributed by atoms with E-state index in [1.807, 2.05) is 0 Å². The van der Waals surface area contributed by atoms with Crippen molar-refractivity contribution in [3.8, 4) is 11.5 Å². The first-order chi connectivity index (χ1) is 9.10. The lowest BCUT2D eigenvalue weighted by atomic mass is 10.2. The molecule has 0 aliphatic rings. The maximum absolute atomic E-state index is 11.9. The number of amides is 1. The Bertz CT molecular complexity index is 436. The molecule has 104 valence electrons. The van der Waals surface area contributed by atoms with Gasteiger partial charge in [-0.2, -0.15) is 0 Å². The monoisotopic (exact) mass is 267 g/mol. The van der Waals surface area contributed by atoms with Gasteiger partial charge in [-0.1, -0.05) is 0 Å². The molecule has 0 saturated heterocycles. The number of carbonyl (C=O) groups excluding carboxylic acids is 2. The van der Waals surface area contributed by atoms with E-state index in [1.54, 1.807) is 18.2 Å². The summed E-state index contributed by atoms with van der Waals surface area (Å²) in [5, 5.41) is 2.62. The molecule has 0 saturated carbocycles. The summed E-state index contributed by atoms with van der Waals surface area (Å²) in [5.41, 5.74) is 0.404. The van der Waals surface area contributed by atoms with Gasteiger partial charge in [0.15, 0.2) is 0 Å². The third-order valence-electron chi connectivity index (χ3n) is 2.46. The molecule has 0 atom stereocenters. The fourth-order valence-corrected chi connectivity index (χ4v) is 1.42. The van der Waals surface area contributed by atoms with E-state index in [2.05, 4.69) is 10.1 Å². The van der Waals surface area contributed by atoms with E-state index in [1.165, 1.54) is 21.3 Å². The molecular weight excluding hydrogens is 250 g/mol. The molecule has 0 aliphatic carbocycles. The van der Waals surface area contributed by atoms with Crippen molar-refractivity contribution in [1.29, 1.82) is 0 Å². The third kappa shape index (κ3) is 4.50. The van der Waals surface area contributed by atoms with Gasteiger partial charge in [-0.25, -0.2) is 0 Å². The van der Waals surface area contributed by atoms with Gasteiger partial charge in [0.05, 0.1) is 27.8 Å². The molecule has 0 bridgehead atoms. The smallest absolute Gasteiger partial charge is 0.307 e. The number of esters is 1. The second kappa shape index (κ2) is 7.25. The first-order valence-corrected chi connectivity index (χ1v) is 5.68. The van der Waals surface area contributed by atoms with Crippen LogP contribution in [-0.2, 0) is 9.53 Å². The minimum atomic E-state index is -0.372. The van der Waals surface area contributed by atoms with E-state index >= 15 is 0 Å². The van der Waals surface area contributed by atoms with Crippen molar-refractivity contribution < 1.29 is 23.8 Å². The second-order valence-corrected chi connectivity index (χ2v) is 3.68. The summed E-state index contributed by atoms with van der Waals surface area (Å²) in [7, 11) is 4.32. The minimum Gasteiger partial charge on any atom is -0.497 e. The summed E-state index contributed by atoms with van der Waals surface area (Å²) in [6, 6.07) is 4.86. The standard InChI is InChI=1S/C13H17NO5/c1-17-10-6-9(7-11(8-10)18-2)13(16)14-5-4-12(15)19-3/h6-8H,4-5H2,1-3H3,(H,14,16). The fourth-order valence-electron chi connectivity index (χ4n) is 1.42. The second-order valence-electron chi connectivity index (χ2n) is 3.68. The molecule has 19 heavy (non-hydrogen) atoms. The fraction of sp³-hybridized carbons (Fsp3) is 0.385. The van der Waals surface area contributed by atoms with Crippen molar-refractivity contribution in [1.82, 2.24) is 5.32 Å². The van der Waals surface area contributed by atoms with Gasteiger partial charge >= 0.3 is 5.97 Å². The normalized spacial score (nSPS) is 9.63. The van der Waals surface area contributed by atoms with Crippen LogP contribution in [0.5, 0.6) is 11.5 Å². The third-order valence-corrected chi connectivity index (χ3v) is 2.46. The Balaban J connectivity index is 2.68. The van der Waals surface area contributed by atoms with E-state index < -0.39 is 0 Å². The summed E-state index contributed by atoms with van der Waals surface area (Å²) in [5.74, 6) is 0.375. The highest BCUT2D eigenvalue weighted by molar-refractivity contribution is 5.95. The molecule has 1 aromatic rings. The van der Waals surface area contributed by atoms with Gasteiger partial charge in [-0.3, -0.25) is 9.59 Å². The quantitative estimate of drug-likeness (QED) is 0.778. The van der Waals surface area contributed by atoms with Gasteiger partial charge < -0.3 is 19.5 Å². The highest BCUT2D eigenvalue weighted by Gasteiger charge is 2.10. The Hall–Kier alpha value is -2.24. The predicted molar refractivity (Wildman–Crippen MR) is 68.5 cm³/mol. The van der Waals surface area contributed by atoms with Crippen LogP contribution in [0.15, 0.2) is 18.2 Å². The number of carbonyl (C=O) groups is 2. The Morgan fingerprint density at radius 1 is 1.05 bits per heavy atom. The number of methoxy groups -OCH3 is 3. The SMILES string of the molecule is COC(=O)CCNC(=O)c1cc(OC)cc(OC)c1. The Morgan fingerprint density at radius 2 is 1.63 bits per heavy atom. The van der Waals surface area contributed by atoms with Gasteiger partial charge in [0.1, 0.15) is 11.5 Å². The lowest BCUT2D eigenvalue weighted by Gasteiger charge is -2.09. The van der Waals surface area contributed by atoms with Crippen LogP contribution in [0.25, 0.3) is 0 Å². The molecule has 6 nitrogen and oxygen atoms in total. The van der Waals surface area contributed by atoms with Crippen molar-refractivity contribution >= 4 is 11.9 Å². The van der Waals surface area contributed by atoms with Crippen LogP contribution in [0.3, 0.4) is 0 Å². The minimum absolute atomic E-state index is 0.128. The van der Waals surface area contributed by atoms with Crippen LogP contribution in [0.1, 0.15) is 16.8 Å². The molecule has 1 amide bonds. The molecule has 0 aliphatic heterocycles. The molecule has 6 heteroatoms.